The molecule has 0 spiro atoms. The molecule has 0 saturated carbocycles. The zero-order valence-corrected chi connectivity index (χ0v) is 26.2. The van der Waals surface area contributed by atoms with Crippen LogP contribution in [0.5, 0.6) is 23.0 Å². The molecule has 2 heterocycles. The van der Waals surface area contributed by atoms with E-state index in [-0.39, 0.29) is 12.0 Å². The van der Waals surface area contributed by atoms with Crippen LogP contribution >= 0.6 is 0 Å². The lowest BCUT2D eigenvalue weighted by atomic mass is 9.87. The number of anilines is 1. The van der Waals surface area contributed by atoms with Crippen LogP contribution in [0.15, 0.2) is 66.7 Å². The molecule has 0 radical (unpaired) electrons. The average molecular weight is 621 g/mol. The monoisotopic (exact) mass is 620 g/mol. The van der Waals surface area contributed by atoms with Gasteiger partial charge in [-0.3, -0.25) is 0 Å². The number of fused-ring (bicyclic) bond motifs is 1. The van der Waals surface area contributed by atoms with Gasteiger partial charge in [-0.1, -0.05) is 24.3 Å². The zero-order chi connectivity index (χ0) is 31.4. The van der Waals surface area contributed by atoms with Gasteiger partial charge in [0.15, 0.2) is 0 Å². The Hall–Kier alpha value is -4.15. The number of hydrogen-bond donors (Lipinski definition) is 1. The number of hydrogen-bond acceptors (Lipinski definition) is 8. The molecule has 2 aliphatic rings. The molecule has 3 aromatic carbocycles. The average Bonchev–Trinajstić information content (AvgIpc) is 3.06. The number of carbonyl (C=O) groups is 1. The first kappa shape index (κ1) is 32.2. The van der Waals surface area contributed by atoms with Crippen molar-refractivity contribution in [3.8, 4) is 23.0 Å². The highest BCUT2D eigenvalue weighted by molar-refractivity contribution is 5.65. The van der Waals surface area contributed by atoms with Crippen molar-refractivity contribution in [3.05, 3.63) is 77.9 Å². The van der Waals surface area contributed by atoms with Gasteiger partial charge in [0, 0.05) is 38.8 Å². The summed E-state index contributed by atoms with van der Waals surface area (Å²) in [5.41, 5.74) is 3.19. The molecule has 3 aromatic rings. The first-order chi connectivity index (χ1) is 22.0. The first-order valence-corrected chi connectivity index (χ1v) is 15.7. The summed E-state index contributed by atoms with van der Waals surface area (Å²) < 4.78 is 34.9. The number of rotatable bonds is 15. The Kier molecular flexibility index (Phi) is 11.6. The number of ether oxygens (including phenoxy) is 6. The van der Waals surface area contributed by atoms with Gasteiger partial charge >= 0.3 is 6.09 Å². The van der Waals surface area contributed by atoms with Gasteiger partial charge in [0.1, 0.15) is 42.8 Å². The van der Waals surface area contributed by atoms with Gasteiger partial charge in [0.05, 0.1) is 38.1 Å². The van der Waals surface area contributed by atoms with Crippen LogP contribution in [0.4, 0.5) is 10.5 Å². The molecule has 0 bridgehead atoms. The number of benzene rings is 3. The fraction of sp³-hybridized carbons (Fsp3) is 0.457. The van der Waals surface area contributed by atoms with E-state index >= 15 is 0 Å². The van der Waals surface area contributed by atoms with Crippen molar-refractivity contribution < 1.29 is 38.3 Å². The SMILES string of the molecule is CCOc1cccc(OCCOc2ccc(C3CCN(C(=O)O)CC3OCc3ccc4c(c3)N(CCCOC)CCO4)cc2)c1. The number of nitrogens with zero attached hydrogens (tertiary/aromatic N) is 2. The topological polar surface area (TPSA) is 99.2 Å². The third kappa shape index (κ3) is 8.95. The molecule has 2 atom stereocenters. The third-order valence-electron chi connectivity index (χ3n) is 8.10. The number of carboxylic acid groups (broad SMARTS) is 1. The molecule has 1 N–H and O–H groups in total. The highest BCUT2D eigenvalue weighted by atomic mass is 16.5. The summed E-state index contributed by atoms with van der Waals surface area (Å²) in [4.78, 5) is 15.6. The lowest BCUT2D eigenvalue weighted by molar-refractivity contribution is -0.0199. The van der Waals surface area contributed by atoms with Crippen LogP contribution in [-0.2, 0) is 16.1 Å². The lowest BCUT2D eigenvalue weighted by Crippen LogP contribution is -2.46. The largest absolute Gasteiger partial charge is 0.494 e. The second kappa shape index (κ2) is 16.2. The van der Waals surface area contributed by atoms with Gasteiger partial charge in [-0.25, -0.2) is 4.79 Å². The predicted molar refractivity (Wildman–Crippen MR) is 171 cm³/mol. The third-order valence-corrected chi connectivity index (χ3v) is 8.10. The molecule has 1 saturated heterocycles. The minimum Gasteiger partial charge on any atom is -0.494 e. The van der Waals surface area contributed by atoms with E-state index in [0.29, 0.717) is 59.2 Å². The standard InChI is InChI=1S/C35H44N2O8/c1-3-41-29-6-4-7-30(23-29)43-21-20-42-28-11-9-27(10-12-28)31-14-16-37(35(38)39)24-34(31)45-25-26-8-13-33-32(22-26)36(17-19-44-33)15-5-18-40-2/h4,6-13,22-23,31,34H,3,5,14-21,24-25H2,1-2H3,(H,38,39). The summed E-state index contributed by atoms with van der Waals surface area (Å²) in [6, 6.07) is 21.7. The Morgan fingerprint density at radius 2 is 1.71 bits per heavy atom. The number of piperidine rings is 1. The highest BCUT2D eigenvalue weighted by Crippen LogP contribution is 2.35. The molecule has 5 rings (SSSR count). The van der Waals surface area contributed by atoms with Crippen LogP contribution in [0.3, 0.4) is 0 Å². The molecule has 2 unspecified atom stereocenters. The minimum atomic E-state index is -0.921. The molecular formula is C35H44N2O8. The van der Waals surface area contributed by atoms with E-state index in [9.17, 15) is 9.90 Å². The van der Waals surface area contributed by atoms with Crippen molar-refractivity contribution in [2.45, 2.75) is 38.4 Å². The van der Waals surface area contributed by atoms with Crippen LogP contribution in [0.1, 0.15) is 36.8 Å². The van der Waals surface area contributed by atoms with E-state index in [1.807, 2.05) is 67.6 Å². The molecule has 10 heteroatoms. The van der Waals surface area contributed by atoms with Gasteiger partial charge in [0.25, 0.3) is 0 Å². The Balaban J connectivity index is 1.18. The second-order valence-corrected chi connectivity index (χ2v) is 11.1. The quantitative estimate of drug-likeness (QED) is 0.210. The summed E-state index contributed by atoms with van der Waals surface area (Å²) in [5.74, 6) is 3.20. The van der Waals surface area contributed by atoms with E-state index in [2.05, 4.69) is 11.0 Å². The highest BCUT2D eigenvalue weighted by Gasteiger charge is 2.33. The van der Waals surface area contributed by atoms with Crippen molar-refractivity contribution in [1.82, 2.24) is 4.90 Å². The van der Waals surface area contributed by atoms with Crippen LogP contribution in [-0.4, -0.2) is 88.5 Å². The van der Waals surface area contributed by atoms with Gasteiger partial charge in [-0.05, 0) is 67.3 Å². The van der Waals surface area contributed by atoms with E-state index in [1.165, 1.54) is 4.90 Å². The number of likely N-dealkylation sites (tertiary alicyclic amines) is 1. The Morgan fingerprint density at radius 3 is 2.47 bits per heavy atom. The summed E-state index contributed by atoms with van der Waals surface area (Å²) >= 11 is 0. The van der Waals surface area contributed by atoms with Crippen molar-refractivity contribution >= 4 is 11.8 Å². The predicted octanol–water partition coefficient (Wildman–Crippen LogP) is 5.83. The summed E-state index contributed by atoms with van der Waals surface area (Å²) in [6.07, 6.45) is 0.409. The zero-order valence-electron chi connectivity index (χ0n) is 26.2. The second-order valence-electron chi connectivity index (χ2n) is 11.1. The van der Waals surface area contributed by atoms with Crippen LogP contribution in [0.2, 0.25) is 0 Å². The van der Waals surface area contributed by atoms with Crippen molar-refractivity contribution in [3.63, 3.8) is 0 Å². The van der Waals surface area contributed by atoms with Crippen LogP contribution < -0.4 is 23.8 Å². The molecule has 45 heavy (non-hydrogen) atoms. The van der Waals surface area contributed by atoms with Gasteiger partial charge < -0.3 is 43.3 Å². The van der Waals surface area contributed by atoms with Crippen molar-refractivity contribution in [2.24, 2.45) is 0 Å². The summed E-state index contributed by atoms with van der Waals surface area (Å²) in [5, 5.41) is 9.71. The minimum absolute atomic E-state index is 0.0575. The Bertz CT molecular complexity index is 1370. The van der Waals surface area contributed by atoms with Crippen LogP contribution in [0.25, 0.3) is 0 Å². The van der Waals surface area contributed by atoms with Gasteiger partial charge in [0.2, 0.25) is 0 Å². The molecule has 0 aromatic heterocycles. The lowest BCUT2D eigenvalue weighted by Gasteiger charge is -2.37. The first-order valence-electron chi connectivity index (χ1n) is 15.7. The fourth-order valence-electron chi connectivity index (χ4n) is 5.83. The normalized spacial score (nSPS) is 17.7. The molecule has 242 valence electrons. The molecule has 10 nitrogen and oxygen atoms in total. The maximum atomic E-state index is 11.8. The van der Waals surface area contributed by atoms with Crippen molar-refractivity contribution in [1.29, 1.82) is 0 Å². The summed E-state index contributed by atoms with van der Waals surface area (Å²) in [7, 11) is 1.72. The van der Waals surface area contributed by atoms with Gasteiger partial charge in [-0.15, -0.1) is 0 Å². The molecule has 2 aliphatic heterocycles. The molecule has 1 amide bonds. The maximum Gasteiger partial charge on any atom is 0.407 e. The van der Waals surface area contributed by atoms with Crippen molar-refractivity contribution in [2.75, 3.05) is 71.2 Å². The van der Waals surface area contributed by atoms with E-state index in [1.54, 1.807) is 7.11 Å². The molecule has 0 aliphatic carbocycles. The Labute approximate surface area is 265 Å². The maximum absolute atomic E-state index is 11.8. The Morgan fingerprint density at radius 1 is 0.933 bits per heavy atom. The van der Waals surface area contributed by atoms with E-state index < -0.39 is 6.09 Å². The number of amides is 1. The number of methoxy groups -OCH3 is 1. The fourth-order valence-corrected chi connectivity index (χ4v) is 5.83. The van der Waals surface area contributed by atoms with Crippen LogP contribution in [0, 0.1) is 0 Å². The molecule has 1 fully saturated rings. The van der Waals surface area contributed by atoms with E-state index in [0.717, 1.165) is 59.3 Å². The van der Waals surface area contributed by atoms with E-state index in [4.69, 9.17) is 28.4 Å². The summed E-state index contributed by atoms with van der Waals surface area (Å²) in [6.45, 7) is 7.60. The smallest absolute Gasteiger partial charge is 0.407 e. The van der Waals surface area contributed by atoms with Gasteiger partial charge in [-0.2, -0.15) is 0 Å². The molecular weight excluding hydrogens is 576 g/mol.